The summed E-state index contributed by atoms with van der Waals surface area (Å²) in [5.74, 6) is 0. The van der Waals surface area contributed by atoms with Gasteiger partial charge in [-0.25, -0.2) is 0 Å². The average molecular weight is 245 g/mol. The van der Waals surface area contributed by atoms with Crippen LogP contribution in [0, 0.1) is 0 Å². The molecule has 88 valence electrons. The number of nitrogens with two attached hydrogens (primary N) is 1. The molecule has 0 saturated heterocycles. The molecule has 0 atom stereocenters. The first-order valence-electron chi connectivity index (χ1n) is 5.46. The molecule has 0 aliphatic carbocycles. The summed E-state index contributed by atoms with van der Waals surface area (Å²) in [5.41, 5.74) is 9.55. The first-order valence-corrected chi connectivity index (χ1v) is 7.31. The number of hydrogen-bond acceptors (Lipinski definition) is 3. The molecule has 0 unspecified atom stereocenters. The SMILES string of the molecule is Nc1ccc(-c2ccc(C[SiH](O)O)cc2)cc1. The third-order valence-corrected chi connectivity index (χ3v) is 3.45. The Morgan fingerprint density at radius 2 is 1.29 bits per heavy atom. The predicted octanol–water partition coefficient (Wildman–Crippen LogP) is 1.22. The highest BCUT2D eigenvalue weighted by Crippen LogP contribution is 2.21. The maximum absolute atomic E-state index is 9.00. The minimum Gasteiger partial charge on any atom is -0.413 e. The molecule has 0 aliphatic heterocycles. The summed E-state index contributed by atoms with van der Waals surface area (Å²) in [6, 6.07) is 15.9. The van der Waals surface area contributed by atoms with Gasteiger partial charge in [0, 0.05) is 11.7 Å². The summed E-state index contributed by atoms with van der Waals surface area (Å²) < 4.78 is 0. The van der Waals surface area contributed by atoms with Crippen molar-refractivity contribution in [1.82, 2.24) is 0 Å². The van der Waals surface area contributed by atoms with Crippen molar-refractivity contribution in [3.05, 3.63) is 54.1 Å². The quantitative estimate of drug-likeness (QED) is 0.563. The second-order valence-corrected chi connectivity index (χ2v) is 5.37. The van der Waals surface area contributed by atoms with E-state index in [0.717, 1.165) is 22.4 Å². The Hall–Kier alpha value is -1.62. The lowest BCUT2D eigenvalue weighted by Crippen LogP contribution is -2.14. The minimum absolute atomic E-state index is 0.391. The highest BCUT2D eigenvalue weighted by atomic mass is 28.3. The van der Waals surface area contributed by atoms with Gasteiger partial charge in [-0.3, -0.25) is 0 Å². The summed E-state index contributed by atoms with van der Waals surface area (Å²) in [7, 11) is -2.51. The molecule has 2 aromatic carbocycles. The fourth-order valence-corrected chi connectivity index (χ4v) is 2.41. The third-order valence-electron chi connectivity index (χ3n) is 2.62. The Bertz CT molecular complexity index is 480. The van der Waals surface area contributed by atoms with E-state index in [9.17, 15) is 0 Å². The van der Waals surface area contributed by atoms with Gasteiger partial charge in [-0.1, -0.05) is 36.4 Å². The van der Waals surface area contributed by atoms with Crippen LogP contribution >= 0.6 is 0 Å². The second kappa shape index (κ2) is 5.14. The maximum Gasteiger partial charge on any atom is 0.320 e. The molecule has 4 N–H and O–H groups in total. The molecule has 0 spiro atoms. The van der Waals surface area contributed by atoms with Crippen LogP contribution in [0.3, 0.4) is 0 Å². The summed E-state index contributed by atoms with van der Waals surface area (Å²) in [5, 5.41) is 0. The highest BCUT2D eigenvalue weighted by molar-refractivity contribution is 6.40. The van der Waals surface area contributed by atoms with Crippen LogP contribution in [0.15, 0.2) is 48.5 Å². The summed E-state index contributed by atoms with van der Waals surface area (Å²) >= 11 is 0. The zero-order chi connectivity index (χ0) is 12.3. The predicted molar refractivity (Wildman–Crippen MR) is 71.6 cm³/mol. The molecule has 0 saturated carbocycles. The molecular formula is C13H15NO2Si. The van der Waals surface area contributed by atoms with E-state index >= 15 is 0 Å². The first-order chi connectivity index (χ1) is 8.15. The highest BCUT2D eigenvalue weighted by Gasteiger charge is 2.04. The van der Waals surface area contributed by atoms with E-state index in [1.165, 1.54) is 0 Å². The van der Waals surface area contributed by atoms with E-state index in [1.54, 1.807) is 0 Å². The number of benzene rings is 2. The number of nitrogen functional groups attached to an aromatic ring is 1. The van der Waals surface area contributed by atoms with Crippen molar-refractivity contribution in [2.45, 2.75) is 6.04 Å². The van der Waals surface area contributed by atoms with Crippen molar-refractivity contribution in [3.63, 3.8) is 0 Å². The topological polar surface area (TPSA) is 66.5 Å². The van der Waals surface area contributed by atoms with Gasteiger partial charge in [0.1, 0.15) is 0 Å². The lowest BCUT2D eigenvalue weighted by Gasteiger charge is -2.05. The Morgan fingerprint density at radius 3 is 1.76 bits per heavy atom. The van der Waals surface area contributed by atoms with Crippen LogP contribution in [-0.4, -0.2) is 18.9 Å². The maximum atomic E-state index is 9.00. The van der Waals surface area contributed by atoms with Crippen LogP contribution in [-0.2, 0) is 6.04 Å². The van der Waals surface area contributed by atoms with Gasteiger partial charge in [0.25, 0.3) is 0 Å². The summed E-state index contributed by atoms with van der Waals surface area (Å²) in [4.78, 5) is 18.0. The molecular weight excluding hydrogens is 230 g/mol. The molecule has 0 fully saturated rings. The molecule has 17 heavy (non-hydrogen) atoms. The van der Waals surface area contributed by atoms with E-state index in [1.807, 2.05) is 48.5 Å². The minimum atomic E-state index is -2.51. The normalized spacial score (nSPS) is 10.8. The Kier molecular flexibility index (Phi) is 3.58. The Balaban J connectivity index is 2.20. The molecule has 0 heterocycles. The number of rotatable bonds is 3. The monoisotopic (exact) mass is 245 g/mol. The van der Waals surface area contributed by atoms with Crippen molar-refractivity contribution < 1.29 is 9.59 Å². The van der Waals surface area contributed by atoms with Crippen LogP contribution in [0.5, 0.6) is 0 Å². The van der Waals surface area contributed by atoms with Gasteiger partial charge in [-0.15, -0.1) is 0 Å². The Morgan fingerprint density at radius 1 is 0.824 bits per heavy atom. The van der Waals surface area contributed by atoms with E-state index < -0.39 is 9.28 Å². The van der Waals surface area contributed by atoms with Crippen molar-refractivity contribution >= 4 is 15.0 Å². The van der Waals surface area contributed by atoms with E-state index in [2.05, 4.69) is 0 Å². The van der Waals surface area contributed by atoms with Crippen LogP contribution in [0.2, 0.25) is 0 Å². The van der Waals surface area contributed by atoms with Crippen LogP contribution in [0.1, 0.15) is 5.56 Å². The van der Waals surface area contributed by atoms with Crippen LogP contribution < -0.4 is 5.73 Å². The standard InChI is InChI=1S/C13H15NO2Si/c14-13-7-5-12(6-8-13)11-3-1-10(2-4-11)9-17(15)16/h1-8,15-17H,9,14H2. The van der Waals surface area contributed by atoms with Gasteiger partial charge in [0.2, 0.25) is 0 Å². The van der Waals surface area contributed by atoms with Gasteiger partial charge in [-0.2, -0.15) is 0 Å². The van der Waals surface area contributed by atoms with E-state index in [0.29, 0.717) is 6.04 Å². The zero-order valence-electron chi connectivity index (χ0n) is 9.38. The summed E-state index contributed by atoms with van der Waals surface area (Å²) in [6.45, 7) is 0. The molecule has 2 aromatic rings. The summed E-state index contributed by atoms with van der Waals surface area (Å²) in [6.07, 6.45) is 0. The smallest absolute Gasteiger partial charge is 0.320 e. The molecule has 3 nitrogen and oxygen atoms in total. The van der Waals surface area contributed by atoms with Crippen LogP contribution in [0.25, 0.3) is 11.1 Å². The fourth-order valence-electron chi connectivity index (χ4n) is 1.72. The first kappa shape index (κ1) is 11.9. The Labute approximate surface area is 102 Å². The molecule has 0 aliphatic rings. The lowest BCUT2D eigenvalue weighted by molar-refractivity contribution is 0.405. The van der Waals surface area contributed by atoms with Gasteiger partial charge >= 0.3 is 9.28 Å². The second-order valence-electron chi connectivity index (χ2n) is 4.00. The largest absolute Gasteiger partial charge is 0.413 e. The van der Waals surface area contributed by atoms with Gasteiger partial charge in [0.05, 0.1) is 0 Å². The van der Waals surface area contributed by atoms with Crippen molar-refractivity contribution in [3.8, 4) is 11.1 Å². The van der Waals surface area contributed by atoms with Gasteiger partial charge in [-0.05, 0) is 28.8 Å². The molecule has 0 aromatic heterocycles. The molecule has 4 heteroatoms. The third kappa shape index (κ3) is 3.17. The fraction of sp³-hybridized carbons (Fsp3) is 0.0769. The van der Waals surface area contributed by atoms with Gasteiger partial charge in [0.15, 0.2) is 0 Å². The molecule has 0 amide bonds. The molecule has 0 bridgehead atoms. The average Bonchev–Trinajstić information content (AvgIpc) is 2.30. The van der Waals surface area contributed by atoms with E-state index in [4.69, 9.17) is 15.3 Å². The number of anilines is 1. The van der Waals surface area contributed by atoms with Crippen molar-refractivity contribution in [1.29, 1.82) is 0 Å². The van der Waals surface area contributed by atoms with Crippen molar-refractivity contribution in [2.75, 3.05) is 5.73 Å². The van der Waals surface area contributed by atoms with Gasteiger partial charge < -0.3 is 15.3 Å². The van der Waals surface area contributed by atoms with E-state index in [-0.39, 0.29) is 0 Å². The van der Waals surface area contributed by atoms with Crippen LogP contribution in [0.4, 0.5) is 5.69 Å². The zero-order valence-corrected chi connectivity index (χ0v) is 10.5. The van der Waals surface area contributed by atoms with Crippen molar-refractivity contribution in [2.24, 2.45) is 0 Å². The lowest BCUT2D eigenvalue weighted by atomic mass is 10.0. The molecule has 0 radical (unpaired) electrons. The number of hydrogen-bond donors (Lipinski definition) is 3. The molecule has 2 rings (SSSR count).